The minimum atomic E-state index is 0.775. The number of fused-ring (bicyclic) bond motifs is 2. The van der Waals surface area contributed by atoms with Gasteiger partial charge < -0.3 is 5.32 Å². The van der Waals surface area contributed by atoms with Crippen molar-refractivity contribution >= 4 is 0 Å². The average molecular weight is 188 g/mol. The van der Waals surface area contributed by atoms with Crippen molar-refractivity contribution in [1.29, 1.82) is 0 Å². The lowest BCUT2D eigenvalue weighted by molar-refractivity contribution is 0.363. The van der Waals surface area contributed by atoms with E-state index in [0.717, 1.165) is 18.0 Å². The van der Waals surface area contributed by atoms with Crippen LogP contribution in [0, 0.1) is 0 Å². The third kappa shape index (κ3) is 1.44. The smallest absolute Gasteiger partial charge is 0.0270 e. The first-order valence-electron chi connectivity index (χ1n) is 5.58. The number of nitrogens with zero attached hydrogens (tertiary/aromatic N) is 1. The van der Waals surface area contributed by atoms with Crippen LogP contribution in [0.3, 0.4) is 0 Å². The second-order valence-corrected chi connectivity index (χ2v) is 4.59. The van der Waals surface area contributed by atoms with Crippen LogP contribution in [0.1, 0.15) is 37.2 Å². The molecule has 3 rings (SSSR count). The van der Waals surface area contributed by atoms with E-state index in [4.69, 9.17) is 0 Å². The van der Waals surface area contributed by atoms with Gasteiger partial charge in [-0.2, -0.15) is 0 Å². The van der Waals surface area contributed by atoms with Crippen LogP contribution in [0.15, 0.2) is 24.5 Å². The maximum Gasteiger partial charge on any atom is 0.0270 e. The van der Waals surface area contributed by atoms with Crippen molar-refractivity contribution in [2.45, 2.75) is 43.7 Å². The first-order valence-corrected chi connectivity index (χ1v) is 5.58. The van der Waals surface area contributed by atoms with E-state index >= 15 is 0 Å². The zero-order chi connectivity index (χ0) is 9.38. The fourth-order valence-corrected chi connectivity index (χ4v) is 2.97. The standard InChI is InChI=1S/C12H16N2/c1-2-12-8-10(7-11(1)14-12)9-3-5-13-6-4-9/h3-6,10-12,14H,1-2,7-8H2. The van der Waals surface area contributed by atoms with Gasteiger partial charge in [0.15, 0.2) is 0 Å². The number of piperidine rings is 1. The van der Waals surface area contributed by atoms with Gasteiger partial charge in [-0.15, -0.1) is 0 Å². The SMILES string of the molecule is c1cc(C2CC3CCC(C2)N3)ccn1. The molecule has 0 aliphatic carbocycles. The third-order valence-corrected chi connectivity index (χ3v) is 3.65. The van der Waals surface area contributed by atoms with E-state index in [0.29, 0.717) is 0 Å². The summed E-state index contributed by atoms with van der Waals surface area (Å²) in [5.74, 6) is 0.775. The molecule has 0 aromatic carbocycles. The maximum absolute atomic E-state index is 4.08. The van der Waals surface area contributed by atoms with E-state index < -0.39 is 0 Å². The van der Waals surface area contributed by atoms with Crippen molar-refractivity contribution in [3.8, 4) is 0 Å². The normalized spacial score (nSPS) is 35.9. The molecule has 2 heteroatoms. The molecule has 1 N–H and O–H groups in total. The Morgan fingerprint density at radius 3 is 2.36 bits per heavy atom. The van der Waals surface area contributed by atoms with Crippen LogP contribution >= 0.6 is 0 Å². The second-order valence-electron chi connectivity index (χ2n) is 4.59. The van der Waals surface area contributed by atoms with Gasteiger partial charge in [-0.3, -0.25) is 4.98 Å². The van der Waals surface area contributed by atoms with Crippen LogP contribution in [0.4, 0.5) is 0 Å². The molecule has 74 valence electrons. The zero-order valence-electron chi connectivity index (χ0n) is 8.32. The van der Waals surface area contributed by atoms with Gasteiger partial charge in [0, 0.05) is 24.5 Å². The molecule has 2 nitrogen and oxygen atoms in total. The molecule has 1 aromatic rings. The van der Waals surface area contributed by atoms with Gasteiger partial charge >= 0.3 is 0 Å². The quantitative estimate of drug-likeness (QED) is 0.730. The molecule has 1 aromatic heterocycles. The molecule has 3 heterocycles. The van der Waals surface area contributed by atoms with Crippen LogP contribution in [0.2, 0.25) is 0 Å². The molecule has 2 aliphatic rings. The molecule has 2 fully saturated rings. The lowest BCUT2D eigenvalue weighted by Gasteiger charge is -2.29. The number of hydrogen-bond donors (Lipinski definition) is 1. The highest BCUT2D eigenvalue weighted by molar-refractivity contribution is 5.18. The fourth-order valence-electron chi connectivity index (χ4n) is 2.97. The van der Waals surface area contributed by atoms with Crippen molar-refractivity contribution in [3.63, 3.8) is 0 Å². The highest BCUT2D eigenvalue weighted by atomic mass is 15.0. The average Bonchev–Trinajstić information content (AvgIpc) is 2.59. The topological polar surface area (TPSA) is 24.9 Å². The molecule has 0 saturated carbocycles. The van der Waals surface area contributed by atoms with Gasteiger partial charge in [0.25, 0.3) is 0 Å². The summed E-state index contributed by atoms with van der Waals surface area (Å²) in [6.07, 6.45) is 9.23. The number of aromatic nitrogens is 1. The number of nitrogens with one attached hydrogen (secondary N) is 1. The molecule has 0 radical (unpaired) electrons. The highest BCUT2D eigenvalue weighted by Crippen LogP contribution is 2.36. The Labute approximate surface area is 84.7 Å². The van der Waals surface area contributed by atoms with Gasteiger partial charge in [0.2, 0.25) is 0 Å². The van der Waals surface area contributed by atoms with Crippen LogP contribution in [-0.4, -0.2) is 17.1 Å². The summed E-state index contributed by atoms with van der Waals surface area (Å²) in [6, 6.07) is 5.92. The molecule has 2 unspecified atom stereocenters. The van der Waals surface area contributed by atoms with Crippen LogP contribution in [0.5, 0.6) is 0 Å². The summed E-state index contributed by atoms with van der Waals surface area (Å²) in [4.78, 5) is 4.08. The summed E-state index contributed by atoms with van der Waals surface area (Å²) in [6.45, 7) is 0. The summed E-state index contributed by atoms with van der Waals surface area (Å²) in [7, 11) is 0. The number of rotatable bonds is 1. The lowest BCUT2D eigenvalue weighted by atomic mass is 9.87. The van der Waals surface area contributed by atoms with Crippen LogP contribution < -0.4 is 5.32 Å². The second kappa shape index (κ2) is 3.35. The van der Waals surface area contributed by atoms with Crippen LogP contribution in [0.25, 0.3) is 0 Å². The zero-order valence-corrected chi connectivity index (χ0v) is 8.32. The predicted molar refractivity (Wildman–Crippen MR) is 56.2 cm³/mol. The largest absolute Gasteiger partial charge is 0.311 e. The van der Waals surface area contributed by atoms with Gasteiger partial charge in [-0.05, 0) is 49.3 Å². The van der Waals surface area contributed by atoms with E-state index in [1.54, 1.807) is 0 Å². The van der Waals surface area contributed by atoms with Crippen molar-refractivity contribution in [3.05, 3.63) is 30.1 Å². The summed E-state index contributed by atoms with van der Waals surface area (Å²) >= 11 is 0. The number of hydrogen-bond acceptors (Lipinski definition) is 2. The summed E-state index contributed by atoms with van der Waals surface area (Å²) < 4.78 is 0. The maximum atomic E-state index is 4.08. The minimum absolute atomic E-state index is 0.775. The van der Waals surface area contributed by atoms with Gasteiger partial charge in [-0.1, -0.05) is 0 Å². The molecular formula is C12H16N2. The van der Waals surface area contributed by atoms with Crippen molar-refractivity contribution in [2.75, 3.05) is 0 Å². The van der Waals surface area contributed by atoms with Gasteiger partial charge in [0.1, 0.15) is 0 Å². The van der Waals surface area contributed by atoms with Crippen molar-refractivity contribution in [2.24, 2.45) is 0 Å². The monoisotopic (exact) mass is 188 g/mol. The third-order valence-electron chi connectivity index (χ3n) is 3.65. The molecule has 2 aliphatic heterocycles. The first kappa shape index (κ1) is 8.42. The van der Waals surface area contributed by atoms with E-state index in [1.165, 1.54) is 31.2 Å². The van der Waals surface area contributed by atoms with Gasteiger partial charge in [-0.25, -0.2) is 0 Å². The Bertz CT molecular complexity index is 297. The molecule has 0 amide bonds. The Hall–Kier alpha value is -0.890. The van der Waals surface area contributed by atoms with E-state index in [9.17, 15) is 0 Å². The van der Waals surface area contributed by atoms with E-state index in [-0.39, 0.29) is 0 Å². The summed E-state index contributed by atoms with van der Waals surface area (Å²) in [5, 5.41) is 3.67. The Morgan fingerprint density at radius 2 is 1.71 bits per heavy atom. The Kier molecular flexibility index (Phi) is 2.02. The molecule has 2 bridgehead atoms. The number of pyridine rings is 1. The van der Waals surface area contributed by atoms with Gasteiger partial charge in [0.05, 0.1) is 0 Å². The first-order chi connectivity index (χ1) is 6.92. The highest BCUT2D eigenvalue weighted by Gasteiger charge is 2.33. The molecule has 2 saturated heterocycles. The van der Waals surface area contributed by atoms with E-state index in [1.807, 2.05) is 12.4 Å². The van der Waals surface area contributed by atoms with E-state index in [2.05, 4.69) is 22.4 Å². The molecule has 2 atom stereocenters. The van der Waals surface area contributed by atoms with Crippen molar-refractivity contribution in [1.82, 2.24) is 10.3 Å². The molecular weight excluding hydrogens is 172 g/mol. The van der Waals surface area contributed by atoms with Crippen LogP contribution in [-0.2, 0) is 0 Å². The Balaban J connectivity index is 1.81. The molecule has 0 spiro atoms. The predicted octanol–water partition coefficient (Wildman–Crippen LogP) is 2.08. The Morgan fingerprint density at radius 1 is 1.07 bits per heavy atom. The fraction of sp³-hybridized carbons (Fsp3) is 0.583. The lowest BCUT2D eigenvalue weighted by Crippen LogP contribution is -2.37. The van der Waals surface area contributed by atoms with Crippen molar-refractivity contribution < 1.29 is 0 Å². The minimum Gasteiger partial charge on any atom is -0.311 e. The summed E-state index contributed by atoms with van der Waals surface area (Å²) in [5.41, 5.74) is 1.48. The molecule has 14 heavy (non-hydrogen) atoms.